The van der Waals surface area contributed by atoms with Crippen LogP contribution in [0.4, 0.5) is 4.39 Å². The van der Waals surface area contributed by atoms with Crippen LogP contribution in [0.1, 0.15) is 60.4 Å². The first kappa shape index (κ1) is 28.6. The maximum atomic E-state index is 15.1. The maximum Gasteiger partial charge on any atom is 0.265 e. The van der Waals surface area contributed by atoms with Gasteiger partial charge in [0, 0.05) is 25.6 Å². The SMILES string of the molecule is CN(C)C(=O)c1c(F)cc2c(c1O)C(=O)C1=C(O)[C@]3(O)C(=O)c4c(OCc5ccccc5)noc4[C@@H](N(C)C)[C@@H]3C[C@@H]1C2. The molecule has 43 heavy (non-hydrogen) atoms. The number of halogens is 1. The predicted molar refractivity (Wildman–Crippen MR) is 148 cm³/mol. The minimum absolute atomic E-state index is 0.0109. The Hall–Kier alpha value is -4.55. The number of aliphatic hydroxyl groups excluding tert-OH is 1. The lowest BCUT2D eigenvalue weighted by molar-refractivity contribution is -0.0559. The molecule has 0 aliphatic heterocycles. The van der Waals surface area contributed by atoms with Crippen LogP contribution in [0.5, 0.6) is 11.6 Å². The Balaban J connectivity index is 1.47. The number of phenolic OH excluding ortho intramolecular Hbond substituents is 1. The van der Waals surface area contributed by atoms with E-state index in [1.165, 1.54) is 14.1 Å². The van der Waals surface area contributed by atoms with E-state index in [4.69, 9.17) is 9.26 Å². The fraction of sp³-hybridized carbons (Fsp3) is 0.355. The molecule has 3 N–H and O–H groups in total. The number of aromatic hydroxyl groups is 1. The van der Waals surface area contributed by atoms with E-state index < -0.39 is 63.8 Å². The van der Waals surface area contributed by atoms with Crippen LogP contribution in [-0.2, 0) is 13.0 Å². The average molecular weight is 592 g/mol. The van der Waals surface area contributed by atoms with Gasteiger partial charge in [0.2, 0.25) is 5.78 Å². The number of phenols is 1. The number of aliphatic hydroxyl groups is 2. The first-order valence-electron chi connectivity index (χ1n) is 13.7. The van der Waals surface area contributed by atoms with Crippen molar-refractivity contribution in [2.24, 2.45) is 11.8 Å². The molecule has 0 radical (unpaired) electrons. The second-order valence-electron chi connectivity index (χ2n) is 11.7. The van der Waals surface area contributed by atoms with Gasteiger partial charge in [-0.15, -0.1) is 0 Å². The molecule has 3 aliphatic rings. The number of amides is 1. The molecule has 0 fully saturated rings. The monoisotopic (exact) mass is 591 g/mol. The summed E-state index contributed by atoms with van der Waals surface area (Å²) in [4.78, 5) is 43.4. The molecular formula is C31H30FN3O8. The molecular weight excluding hydrogens is 561 g/mol. The van der Waals surface area contributed by atoms with Crippen molar-refractivity contribution in [1.82, 2.24) is 15.0 Å². The second-order valence-corrected chi connectivity index (χ2v) is 11.7. The zero-order chi connectivity index (χ0) is 31.0. The topological polar surface area (TPSA) is 154 Å². The quantitative estimate of drug-likeness (QED) is 0.403. The molecule has 0 unspecified atom stereocenters. The van der Waals surface area contributed by atoms with Crippen molar-refractivity contribution in [2.45, 2.75) is 31.1 Å². The van der Waals surface area contributed by atoms with Gasteiger partial charge >= 0.3 is 0 Å². The summed E-state index contributed by atoms with van der Waals surface area (Å²) in [6.45, 7) is 0.0514. The van der Waals surface area contributed by atoms with Gasteiger partial charge in [-0.3, -0.25) is 19.3 Å². The van der Waals surface area contributed by atoms with Crippen LogP contribution >= 0.6 is 0 Å². The molecule has 1 aromatic heterocycles. The number of benzene rings is 2. The molecule has 2 aromatic carbocycles. The highest BCUT2D eigenvalue weighted by molar-refractivity contribution is 6.17. The standard InChI is InChI=1S/C31H30FN3O8/c1-34(2)23-17-11-15-10-16-12-18(32)21(30(40)35(3)4)25(37)19(16)24(36)20(15)27(38)31(17,41)28(39)22-26(23)43-33-29(22)42-13-14-8-6-5-7-9-14/h5-9,12,15,17,23,37-38,41H,10-11,13H2,1-4H3/t15-,17-,23-,31-/m0/s1. The molecule has 0 bridgehead atoms. The molecule has 4 atom stereocenters. The normalized spacial score (nSPS) is 24.3. The lowest BCUT2D eigenvalue weighted by atomic mass is 9.58. The van der Waals surface area contributed by atoms with E-state index in [1.54, 1.807) is 19.0 Å². The van der Waals surface area contributed by atoms with Crippen LogP contribution in [0, 0.1) is 17.7 Å². The summed E-state index contributed by atoms with van der Waals surface area (Å²) in [5.41, 5.74) is -3.06. The fourth-order valence-electron chi connectivity index (χ4n) is 6.70. The van der Waals surface area contributed by atoms with Crippen molar-refractivity contribution in [3.05, 3.63) is 87.1 Å². The lowest BCUT2D eigenvalue weighted by Crippen LogP contribution is -2.59. The summed E-state index contributed by atoms with van der Waals surface area (Å²) >= 11 is 0. The molecule has 12 heteroatoms. The van der Waals surface area contributed by atoms with Gasteiger partial charge in [0.15, 0.2) is 17.1 Å². The zero-order valence-corrected chi connectivity index (χ0v) is 23.9. The molecule has 3 aliphatic carbocycles. The zero-order valence-electron chi connectivity index (χ0n) is 23.9. The Morgan fingerprint density at radius 1 is 1.14 bits per heavy atom. The molecule has 0 saturated heterocycles. The number of rotatable bonds is 5. The minimum atomic E-state index is -2.56. The number of carbonyl (C=O) groups excluding carboxylic acids is 3. The highest BCUT2D eigenvalue weighted by Crippen LogP contribution is 2.56. The maximum absolute atomic E-state index is 15.1. The van der Waals surface area contributed by atoms with Crippen LogP contribution in [0.15, 0.2) is 52.3 Å². The summed E-state index contributed by atoms with van der Waals surface area (Å²) in [6, 6.07) is 9.42. The van der Waals surface area contributed by atoms with Gasteiger partial charge < -0.3 is 29.5 Å². The van der Waals surface area contributed by atoms with E-state index in [2.05, 4.69) is 5.16 Å². The van der Waals surface area contributed by atoms with Crippen LogP contribution in [0.3, 0.4) is 0 Å². The predicted octanol–water partition coefficient (Wildman–Crippen LogP) is 3.22. The molecule has 3 aromatic rings. The van der Waals surface area contributed by atoms with Crippen molar-refractivity contribution >= 4 is 17.5 Å². The van der Waals surface area contributed by atoms with Crippen molar-refractivity contribution in [3.8, 4) is 11.6 Å². The molecule has 224 valence electrons. The molecule has 1 heterocycles. The Labute approximate surface area is 245 Å². The summed E-state index contributed by atoms with van der Waals surface area (Å²) < 4.78 is 26.5. The van der Waals surface area contributed by atoms with Crippen LogP contribution < -0.4 is 4.74 Å². The summed E-state index contributed by atoms with van der Waals surface area (Å²) in [6.07, 6.45) is 0.0494. The fourth-order valence-corrected chi connectivity index (χ4v) is 6.70. The van der Waals surface area contributed by atoms with Crippen LogP contribution in [0.2, 0.25) is 0 Å². The Bertz CT molecular complexity index is 1710. The summed E-state index contributed by atoms with van der Waals surface area (Å²) in [7, 11) is 6.17. The first-order valence-corrected chi connectivity index (χ1v) is 13.7. The third kappa shape index (κ3) is 4.08. The van der Waals surface area contributed by atoms with Gasteiger partial charge in [-0.25, -0.2) is 4.39 Å². The van der Waals surface area contributed by atoms with E-state index in [1.807, 2.05) is 30.3 Å². The Morgan fingerprint density at radius 3 is 2.49 bits per heavy atom. The smallest absolute Gasteiger partial charge is 0.265 e. The highest BCUT2D eigenvalue weighted by atomic mass is 19.1. The average Bonchev–Trinajstić information content (AvgIpc) is 3.37. The van der Waals surface area contributed by atoms with Gasteiger partial charge in [-0.2, -0.15) is 0 Å². The van der Waals surface area contributed by atoms with Gasteiger partial charge in [0.25, 0.3) is 11.8 Å². The first-order chi connectivity index (χ1) is 20.4. The van der Waals surface area contributed by atoms with E-state index >= 15 is 4.39 Å². The van der Waals surface area contributed by atoms with Gasteiger partial charge in [-0.05, 0) is 55.2 Å². The summed E-state index contributed by atoms with van der Waals surface area (Å²) in [5.74, 6) is -7.11. The number of ketones is 2. The number of ether oxygens (including phenoxy) is 1. The third-order valence-corrected chi connectivity index (χ3v) is 8.68. The Morgan fingerprint density at radius 2 is 1.84 bits per heavy atom. The van der Waals surface area contributed by atoms with Crippen molar-refractivity contribution in [1.29, 1.82) is 0 Å². The van der Waals surface area contributed by atoms with E-state index in [0.29, 0.717) is 0 Å². The van der Waals surface area contributed by atoms with Crippen molar-refractivity contribution < 1.29 is 43.4 Å². The minimum Gasteiger partial charge on any atom is -0.508 e. The van der Waals surface area contributed by atoms with E-state index in [-0.39, 0.29) is 53.4 Å². The molecule has 1 amide bonds. The number of carbonyl (C=O) groups is 3. The van der Waals surface area contributed by atoms with Crippen LogP contribution in [-0.4, -0.2) is 81.5 Å². The second kappa shape index (κ2) is 10.0. The summed E-state index contributed by atoms with van der Waals surface area (Å²) in [5, 5.41) is 38.7. The lowest BCUT2D eigenvalue weighted by Gasteiger charge is -2.49. The van der Waals surface area contributed by atoms with Gasteiger partial charge in [-0.1, -0.05) is 30.3 Å². The van der Waals surface area contributed by atoms with E-state index in [0.717, 1.165) is 16.5 Å². The van der Waals surface area contributed by atoms with E-state index in [9.17, 15) is 29.7 Å². The van der Waals surface area contributed by atoms with Crippen molar-refractivity contribution in [2.75, 3.05) is 28.2 Å². The molecule has 0 spiro atoms. The number of aromatic nitrogens is 1. The Kier molecular flexibility index (Phi) is 6.66. The number of hydrogen-bond donors (Lipinski definition) is 3. The van der Waals surface area contributed by atoms with Gasteiger partial charge in [0.1, 0.15) is 35.1 Å². The van der Waals surface area contributed by atoms with Crippen molar-refractivity contribution in [3.63, 3.8) is 0 Å². The van der Waals surface area contributed by atoms with Crippen LogP contribution in [0.25, 0.3) is 0 Å². The number of hydrogen-bond acceptors (Lipinski definition) is 10. The van der Waals surface area contributed by atoms with Gasteiger partial charge in [0.05, 0.1) is 11.6 Å². The highest BCUT2D eigenvalue weighted by Gasteiger charge is 2.64. The largest absolute Gasteiger partial charge is 0.508 e. The molecule has 11 nitrogen and oxygen atoms in total. The third-order valence-electron chi connectivity index (χ3n) is 8.68. The number of fused-ring (bicyclic) bond motifs is 4. The number of allylic oxidation sites excluding steroid dienone is 1. The molecule has 0 saturated carbocycles. The number of Topliss-reactive ketones (excluding diaryl/α,β-unsaturated/α-hetero) is 2. The number of nitrogens with zero attached hydrogens (tertiary/aromatic N) is 3. The molecule has 6 rings (SSSR count).